The van der Waals surface area contributed by atoms with E-state index in [2.05, 4.69) is 21.5 Å². The Kier molecular flexibility index (Phi) is 5.27. The Balaban J connectivity index is 1.46. The molecule has 2 heterocycles. The number of thiophene rings is 1. The number of fused-ring (bicyclic) bond motifs is 1. The van der Waals surface area contributed by atoms with Gasteiger partial charge in [-0.3, -0.25) is 0 Å². The highest BCUT2D eigenvalue weighted by Gasteiger charge is 2.18. The van der Waals surface area contributed by atoms with E-state index in [0.29, 0.717) is 13.2 Å². The van der Waals surface area contributed by atoms with Gasteiger partial charge in [0, 0.05) is 17.0 Å². The molecule has 1 fully saturated rings. The summed E-state index contributed by atoms with van der Waals surface area (Å²) in [5, 5.41) is 16.4. The van der Waals surface area contributed by atoms with Crippen molar-refractivity contribution in [3.63, 3.8) is 0 Å². The second kappa shape index (κ2) is 7.38. The van der Waals surface area contributed by atoms with Crippen LogP contribution in [0.5, 0.6) is 0 Å². The summed E-state index contributed by atoms with van der Waals surface area (Å²) in [6.07, 6.45) is 6.65. The Hall–Kier alpha value is -0.910. The van der Waals surface area contributed by atoms with E-state index in [9.17, 15) is 5.11 Å². The Morgan fingerprint density at radius 1 is 1.24 bits per heavy atom. The van der Waals surface area contributed by atoms with Gasteiger partial charge in [0.25, 0.3) is 0 Å². The van der Waals surface area contributed by atoms with Gasteiger partial charge in [-0.25, -0.2) is 0 Å². The number of rotatable bonds is 5. The van der Waals surface area contributed by atoms with Crippen LogP contribution in [0.15, 0.2) is 16.6 Å². The van der Waals surface area contributed by atoms with E-state index in [1.165, 1.54) is 29.7 Å². The maximum atomic E-state index is 10.1. The summed E-state index contributed by atoms with van der Waals surface area (Å²) in [5.41, 5.74) is 2.29. The third-order valence-corrected chi connectivity index (χ3v) is 5.21. The second-order valence-corrected chi connectivity index (χ2v) is 6.96. The lowest BCUT2D eigenvalue weighted by molar-refractivity contribution is 0.0156. The van der Waals surface area contributed by atoms with Crippen LogP contribution in [0.25, 0.3) is 0 Å². The molecule has 2 aliphatic rings. The van der Waals surface area contributed by atoms with E-state index in [0.717, 1.165) is 38.1 Å². The standard InChI is InChI=1S/C16H24N2O2S/c19-13(11-18-8-2-1-3-9-18)12-20-17-15-5-4-6-16-14(15)7-10-21-16/h7,10,13,19H,1-6,8-9,11-12H2. The van der Waals surface area contributed by atoms with Crippen molar-refractivity contribution in [3.05, 3.63) is 21.9 Å². The minimum absolute atomic E-state index is 0.291. The molecule has 1 aromatic rings. The lowest BCUT2D eigenvalue weighted by atomic mass is 9.97. The van der Waals surface area contributed by atoms with Crippen LogP contribution in [0.1, 0.15) is 42.5 Å². The van der Waals surface area contributed by atoms with Crippen molar-refractivity contribution in [3.8, 4) is 0 Å². The number of nitrogens with zero attached hydrogens (tertiary/aromatic N) is 2. The van der Waals surface area contributed by atoms with Crippen molar-refractivity contribution in [1.29, 1.82) is 0 Å². The van der Waals surface area contributed by atoms with E-state index in [4.69, 9.17) is 4.84 Å². The predicted molar refractivity (Wildman–Crippen MR) is 86.0 cm³/mol. The first-order valence-electron chi connectivity index (χ1n) is 7.99. The SMILES string of the molecule is OC(CON=C1CCCc2sccc21)CN1CCCCC1. The first-order valence-corrected chi connectivity index (χ1v) is 8.87. The van der Waals surface area contributed by atoms with E-state index >= 15 is 0 Å². The van der Waals surface area contributed by atoms with Gasteiger partial charge in [-0.2, -0.15) is 0 Å². The number of oxime groups is 1. The van der Waals surface area contributed by atoms with Gasteiger partial charge in [0.1, 0.15) is 12.7 Å². The van der Waals surface area contributed by atoms with E-state index < -0.39 is 6.10 Å². The Morgan fingerprint density at radius 2 is 2.10 bits per heavy atom. The lowest BCUT2D eigenvalue weighted by Gasteiger charge is -2.28. The molecule has 0 saturated carbocycles. The molecule has 4 nitrogen and oxygen atoms in total. The highest BCUT2D eigenvalue weighted by molar-refractivity contribution is 7.10. The van der Waals surface area contributed by atoms with Gasteiger partial charge in [-0.1, -0.05) is 11.6 Å². The molecule has 1 unspecified atom stereocenters. The van der Waals surface area contributed by atoms with Gasteiger partial charge in [0.15, 0.2) is 0 Å². The number of piperidine rings is 1. The molecule has 1 atom stereocenters. The molecule has 0 bridgehead atoms. The molecule has 3 rings (SSSR count). The Morgan fingerprint density at radius 3 is 2.95 bits per heavy atom. The molecular formula is C16H24N2O2S. The number of aliphatic hydroxyl groups excluding tert-OH is 1. The van der Waals surface area contributed by atoms with Crippen LogP contribution in [0, 0.1) is 0 Å². The summed E-state index contributed by atoms with van der Waals surface area (Å²) in [4.78, 5) is 9.15. The van der Waals surface area contributed by atoms with Crippen molar-refractivity contribution in [2.75, 3.05) is 26.2 Å². The maximum Gasteiger partial charge on any atom is 0.144 e. The van der Waals surface area contributed by atoms with Gasteiger partial charge in [0.05, 0.1) is 5.71 Å². The van der Waals surface area contributed by atoms with Crippen molar-refractivity contribution >= 4 is 17.0 Å². The van der Waals surface area contributed by atoms with E-state index in [-0.39, 0.29) is 0 Å². The average molecular weight is 308 g/mol. The summed E-state index contributed by atoms with van der Waals surface area (Å²) in [6, 6.07) is 2.13. The molecular weight excluding hydrogens is 284 g/mol. The first kappa shape index (κ1) is 15.0. The Bertz CT molecular complexity index is 480. The van der Waals surface area contributed by atoms with Crippen LogP contribution >= 0.6 is 11.3 Å². The summed E-state index contributed by atoms with van der Waals surface area (Å²) >= 11 is 1.80. The van der Waals surface area contributed by atoms with Crippen molar-refractivity contribution in [2.24, 2.45) is 5.16 Å². The van der Waals surface area contributed by atoms with Crippen LogP contribution in [0.4, 0.5) is 0 Å². The number of aryl methyl sites for hydroxylation is 1. The van der Waals surface area contributed by atoms with E-state index in [1.807, 2.05) is 0 Å². The van der Waals surface area contributed by atoms with Crippen LogP contribution in [-0.4, -0.2) is 48.1 Å². The molecule has 1 aliphatic carbocycles. The normalized spacial score (nSPS) is 23.0. The molecule has 1 aliphatic heterocycles. The number of likely N-dealkylation sites (tertiary alicyclic amines) is 1. The molecule has 0 spiro atoms. The number of aliphatic hydroxyl groups is 1. The molecule has 1 N–H and O–H groups in total. The average Bonchev–Trinajstić information content (AvgIpc) is 2.97. The molecule has 1 aromatic heterocycles. The fourth-order valence-corrected chi connectivity index (χ4v) is 4.07. The zero-order valence-electron chi connectivity index (χ0n) is 12.5. The number of hydrogen-bond acceptors (Lipinski definition) is 5. The van der Waals surface area contributed by atoms with Crippen LogP contribution in [-0.2, 0) is 11.3 Å². The summed E-state index contributed by atoms with van der Waals surface area (Å²) in [5.74, 6) is 0. The smallest absolute Gasteiger partial charge is 0.144 e. The molecule has 0 amide bonds. The van der Waals surface area contributed by atoms with Crippen LogP contribution in [0.2, 0.25) is 0 Å². The minimum Gasteiger partial charge on any atom is -0.393 e. The monoisotopic (exact) mass is 308 g/mol. The third-order valence-electron chi connectivity index (χ3n) is 4.23. The van der Waals surface area contributed by atoms with E-state index in [1.54, 1.807) is 11.3 Å². The summed E-state index contributed by atoms with van der Waals surface area (Å²) in [6.45, 7) is 3.20. The molecule has 116 valence electrons. The summed E-state index contributed by atoms with van der Waals surface area (Å²) in [7, 11) is 0. The number of hydrogen-bond donors (Lipinski definition) is 1. The quantitative estimate of drug-likeness (QED) is 0.851. The Labute approximate surface area is 130 Å². The van der Waals surface area contributed by atoms with Gasteiger partial charge in [0.2, 0.25) is 0 Å². The molecule has 0 aromatic carbocycles. The largest absolute Gasteiger partial charge is 0.393 e. The molecule has 0 radical (unpaired) electrons. The number of β-amino-alcohol motifs (C(OH)–C–C–N with tert-alkyl or cyclic N) is 1. The molecule has 21 heavy (non-hydrogen) atoms. The van der Waals surface area contributed by atoms with Crippen molar-refractivity contribution in [2.45, 2.75) is 44.6 Å². The zero-order valence-corrected chi connectivity index (χ0v) is 13.3. The predicted octanol–water partition coefficient (Wildman–Crippen LogP) is 2.65. The van der Waals surface area contributed by atoms with Gasteiger partial charge >= 0.3 is 0 Å². The lowest BCUT2D eigenvalue weighted by Crippen LogP contribution is -2.38. The second-order valence-electron chi connectivity index (χ2n) is 5.96. The fraction of sp³-hybridized carbons (Fsp3) is 0.688. The first-order chi connectivity index (χ1) is 10.3. The van der Waals surface area contributed by atoms with Gasteiger partial charge in [-0.05, 0) is 56.6 Å². The topological polar surface area (TPSA) is 45.1 Å². The maximum absolute atomic E-state index is 10.1. The summed E-state index contributed by atoms with van der Waals surface area (Å²) < 4.78 is 0. The fourth-order valence-electron chi connectivity index (χ4n) is 3.13. The minimum atomic E-state index is -0.446. The molecule has 5 heteroatoms. The third kappa shape index (κ3) is 4.05. The highest BCUT2D eigenvalue weighted by Crippen LogP contribution is 2.26. The highest BCUT2D eigenvalue weighted by atomic mass is 32.1. The van der Waals surface area contributed by atoms with Crippen molar-refractivity contribution < 1.29 is 9.94 Å². The van der Waals surface area contributed by atoms with Gasteiger partial charge < -0.3 is 14.8 Å². The van der Waals surface area contributed by atoms with Crippen LogP contribution < -0.4 is 0 Å². The zero-order chi connectivity index (χ0) is 14.5. The molecule has 1 saturated heterocycles. The van der Waals surface area contributed by atoms with Crippen molar-refractivity contribution in [1.82, 2.24) is 4.90 Å². The van der Waals surface area contributed by atoms with Crippen LogP contribution in [0.3, 0.4) is 0 Å². The van der Waals surface area contributed by atoms with Gasteiger partial charge in [-0.15, -0.1) is 11.3 Å².